The fraction of sp³-hybridized carbons (Fsp3) is 0.500. The lowest BCUT2D eigenvalue weighted by atomic mass is 9.98. The van der Waals surface area contributed by atoms with Crippen molar-refractivity contribution in [3.8, 4) is 0 Å². The Balaban J connectivity index is 2.47. The van der Waals surface area contributed by atoms with E-state index < -0.39 is 23.8 Å². The summed E-state index contributed by atoms with van der Waals surface area (Å²) in [4.78, 5) is 42.3. The molecule has 0 saturated carbocycles. The van der Waals surface area contributed by atoms with Gasteiger partial charge in [0.2, 0.25) is 11.8 Å². The first-order valence-corrected chi connectivity index (χ1v) is 14.5. The third-order valence-corrected chi connectivity index (χ3v) is 6.76. The Labute approximate surface area is 232 Å². The minimum atomic E-state index is -0.863. The second kappa shape index (κ2) is 14.8. The predicted molar refractivity (Wildman–Crippen MR) is 155 cm³/mol. The maximum atomic E-state index is 14.2. The number of nitrogens with one attached hydrogen (secondary N) is 2. The molecule has 3 unspecified atom stereocenters. The Morgan fingerprint density at radius 2 is 1.74 bits per heavy atom. The Morgan fingerprint density at radius 3 is 2.32 bits per heavy atom. The second-order valence-corrected chi connectivity index (χ2v) is 11.5. The lowest BCUT2D eigenvalue weighted by molar-refractivity contribution is -0.145. The minimum absolute atomic E-state index is 0.257. The molecule has 2 aromatic carbocycles. The molecular weight excluding hydrogens is 498 g/mol. The van der Waals surface area contributed by atoms with Gasteiger partial charge in [-0.15, -0.1) is 0 Å². The summed E-state index contributed by atoms with van der Waals surface area (Å²) in [6.45, 7) is 11.6. The molecular formula is C30H43N3O4S. The summed E-state index contributed by atoms with van der Waals surface area (Å²) < 4.78 is 5.45. The number of benzene rings is 2. The molecule has 38 heavy (non-hydrogen) atoms. The van der Waals surface area contributed by atoms with E-state index >= 15 is 0 Å². The first kappa shape index (κ1) is 31.2. The number of thioether (sulfide) groups is 1. The van der Waals surface area contributed by atoms with Crippen molar-refractivity contribution in [2.24, 2.45) is 0 Å². The number of aryl methyl sites for hydroxylation is 1. The van der Waals surface area contributed by atoms with Crippen LogP contribution in [0.1, 0.15) is 70.2 Å². The van der Waals surface area contributed by atoms with E-state index in [0.717, 1.165) is 16.7 Å². The largest absolute Gasteiger partial charge is 0.444 e. The third-order valence-electron chi connectivity index (χ3n) is 6.11. The SMILES string of the molecule is CCC(C)N(C(=O)C(CCSC)NC(=O)OC(C)(C)C)C(C(=O)NCc1ccccc1)c1cccc(C)c1. The van der Waals surface area contributed by atoms with Crippen molar-refractivity contribution >= 4 is 29.7 Å². The van der Waals surface area contributed by atoms with E-state index in [1.165, 1.54) is 0 Å². The Kier molecular flexibility index (Phi) is 12.2. The fourth-order valence-corrected chi connectivity index (χ4v) is 4.55. The summed E-state index contributed by atoms with van der Waals surface area (Å²) >= 11 is 1.59. The van der Waals surface area contributed by atoms with Gasteiger partial charge in [0, 0.05) is 12.6 Å². The van der Waals surface area contributed by atoms with Crippen molar-refractivity contribution in [1.82, 2.24) is 15.5 Å². The van der Waals surface area contributed by atoms with Crippen LogP contribution in [-0.4, -0.2) is 52.5 Å². The number of amides is 3. The van der Waals surface area contributed by atoms with Crippen LogP contribution in [0.4, 0.5) is 4.79 Å². The van der Waals surface area contributed by atoms with Gasteiger partial charge in [0.25, 0.3) is 0 Å². The summed E-state index contributed by atoms with van der Waals surface area (Å²) in [6, 6.07) is 15.4. The van der Waals surface area contributed by atoms with Crippen molar-refractivity contribution < 1.29 is 19.1 Å². The van der Waals surface area contributed by atoms with Gasteiger partial charge in [0.15, 0.2) is 0 Å². The summed E-state index contributed by atoms with van der Waals surface area (Å²) in [7, 11) is 0. The van der Waals surface area contributed by atoms with Gasteiger partial charge in [-0.2, -0.15) is 11.8 Å². The number of carbonyl (C=O) groups excluding carboxylic acids is 3. The Hall–Kier alpha value is -3.00. The first-order valence-electron chi connectivity index (χ1n) is 13.2. The summed E-state index contributed by atoms with van der Waals surface area (Å²) in [5.74, 6) is 0.0881. The van der Waals surface area contributed by atoms with Crippen LogP contribution in [0.2, 0.25) is 0 Å². The molecule has 0 aromatic heterocycles. The zero-order chi connectivity index (χ0) is 28.3. The topological polar surface area (TPSA) is 87.7 Å². The molecule has 0 aliphatic heterocycles. The molecule has 0 fully saturated rings. The monoisotopic (exact) mass is 541 g/mol. The standard InChI is InChI=1S/C30H43N3O4S/c1-8-22(3)33(28(35)25(17-18-38-7)32-29(36)37-30(4,5)6)26(24-16-12-13-21(2)19-24)27(34)31-20-23-14-10-9-11-15-23/h9-16,19,22,25-26H,8,17-18,20H2,1-7H3,(H,31,34)(H,32,36). The van der Waals surface area contributed by atoms with E-state index in [9.17, 15) is 14.4 Å². The van der Waals surface area contributed by atoms with Gasteiger partial charge in [-0.3, -0.25) is 9.59 Å². The minimum Gasteiger partial charge on any atom is -0.444 e. The molecule has 7 nitrogen and oxygen atoms in total. The first-order chi connectivity index (χ1) is 18.0. The van der Waals surface area contributed by atoms with Crippen molar-refractivity contribution in [1.29, 1.82) is 0 Å². The molecule has 8 heteroatoms. The number of alkyl carbamates (subject to hydrolysis) is 1. The van der Waals surface area contributed by atoms with Crippen LogP contribution in [0.5, 0.6) is 0 Å². The molecule has 2 N–H and O–H groups in total. The van der Waals surface area contributed by atoms with Crippen LogP contribution in [0, 0.1) is 6.92 Å². The van der Waals surface area contributed by atoms with Gasteiger partial charge < -0.3 is 20.3 Å². The lowest BCUT2D eigenvalue weighted by Crippen LogP contribution is -2.55. The summed E-state index contributed by atoms with van der Waals surface area (Å²) in [5, 5.41) is 5.82. The van der Waals surface area contributed by atoms with E-state index in [0.29, 0.717) is 25.1 Å². The van der Waals surface area contributed by atoms with Crippen LogP contribution >= 0.6 is 11.8 Å². The highest BCUT2D eigenvalue weighted by atomic mass is 32.2. The van der Waals surface area contributed by atoms with Gasteiger partial charge in [0.1, 0.15) is 17.7 Å². The van der Waals surface area contributed by atoms with Crippen LogP contribution in [0.3, 0.4) is 0 Å². The van der Waals surface area contributed by atoms with Crippen LogP contribution < -0.4 is 10.6 Å². The van der Waals surface area contributed by atoms with E-state index in [1.807, 2.05) is 81.6 Å². The molecule has 3 amide bonds. The van der Waals surface area contributed by atoms with Gasteiger partial charge in [-0.25, -0.2) is 4.79 Å². The highest BCUT2D eigenvalue weighted by Crippen LogP contribution is 2.27. The predicted octanol–water partition coefficient (Wildman–Crippen LogP) is 5.63. The van der Waals surface area contributed by atoms with E-state index in [4.69, 9.17) is 4.74 Å². The normalized spacial score (nSPS) is 13.7. The summed E-state index contributed by atoms with van der Waals surface area (Å²) in [5.41, 5.74) is 1.99. The highest BCUT2D eigenvalue weighted by Gasteiger charge is 2.38. The lowest BCUT2D eigenvalue weighted by Gasteiger charge is -2.38. The van der Waals surface area contributed by atoms with Crippen molar-refractivity contribution in [2.75, 3.05) is 12.0 Å². The molecule has 0 spiro atoms. The van der Waals surface area contributed by atoms with Crippen LogP contribution in [0.15, 0.2) is 54.6 Å². The number of ether oxygens (including phenoxy) is 1. The number of nitrogens with zero attached hydrogens (tertiary/aromatic N) is 1. The quantitative estimate of drug-likeness (QED) is 0.364. The molecule has 0 radical (unpaired) electrons. The van der Waals surface area contributed by atoms with Crippen molar-refractivity contribution in [2.45, 2.75) is 84.7 Å². The number of rotatable bonds is 12. The summed E-state index contributed by atoms with van der Waals surface area (Å²) in [6.07, 6.45) is 2.36. The number of hydrogen-bond donors (Lipinski definition) is 2. The maximum absolute atomic E-state index is 14.2. The molecule has 0 bridgehead atoms. The molecule has 208 valence electrons. The van der Waals surface area contributed by atoms with Gasteiger partial charge in [-0.1, -0.05) is 67.1 Å². The molecule has 0 saturated heterocycles. The van der Waals surface area contributed by atoms with E-state index in [1.54, 1.807) is 37.4 Å². The van der Waals surface area contributed by atoms with Crippen molar-refractivity contribution in [3.63, 3.8) is 0 Å². The highest BCUT2D eigenvalue weighted by molar-refractivity contribution is 7.98. The zero-order valence-electron chi connectivity index (χ0n) is 23.7. The molecule has 2 aromatic rings. The fourth-order valence-electron chi connectivity index (χ4n) is 4.08. The smallest absolute Gasteiger partial charge is 0.408 e. The third kappa shape index (κ3) is 9.71. The average Bonchev–Trinajstić information content (AvgIpc) is 2.87. The van der Waals surface area contributed by atoms with Crippen LogP contribution in [0.25, 0.3) is 0 Å². The Bertz CT molecular complexity index is 1050. The van der Waals surface area contributed by atoms with Gasteiger partial charge in [0.05, 0.1) is 0 Å². The Morgan fingerprint density at radius 1 is 1.05 bits per heavy atom. The molecule has 3 atom stereocenters. The van der Waals surface area contributed by atoms with Crippen LogP contribution in [-0.2, 0) is 20.9 Å². The number of carbonyl (C=O) groups is 3. The second-order valence-electron chi connectivity index (χ2n) is 10.5. The number of hydrogen-bond acceptors (Lipinski definition) is 5. The zero-order valence-corrected chi connectivity index (χ0v) is 24.6. The van der Waals surface area contributed by atoms with Gasteiger partial charge >= 0.3 is 6.09 Å². The maximum Gasteiger partial charge on any atom is 0.408 e. The molecule has 0 aliphatic rings. The van der Waals surface area contributed by atoms with E-state index in [2.05, 4.69) is 10.6 Å². The van der Waals surface area contributed by atoms with E-state index in [-0.39, 0.29) is 17.9 Å². The average molecular weight is 542 g/mol. The molecule has 2 rings (SSSR count). The van der Waals surface area contributed by atoms with Crippen molar-refractivity contribution in [3.05, 3.63) is 71.3 Å². The molecule has 0 aliphatic carbocycles. The van der Waals surface area contributed by atoms with Gasteiger partial charge in [-0.05, 0) is 70.6 Å². The molecule has 0 heterocycles.